The summed E-state index contributed by atoms with van der Waals surface area (Å²) in [6, 6.07) is 0. The zero-order valence-electron chi connectivity index (χ0n) is 7.02. The summed E-state index contributed by atoms with van der Waals surface area (Å²) >= 11 is 0. The third-order valence-corrected chi connectivity index (χ3v) is 1.84. The number of aromatic nitrogens is 2. The molecule has 0 saturated carbocycles. The predicted octanol–water partition coefficient (Wildman–Crippen LogP) is 2.40. The molecule has 0 fully saturated rings. The Morgan fingerprint density at radius 3 is 2.20 bits per heavy atom. The van der Waals surface area contributed by atoms with Gasteiger partial charge in [-0.1, -0.05) is 13.8 Å². The monoisotopic (exact) mass is 140 g/mol. The Hall–Kier alpha value is -0.790. The Labute approximate surface area is 63.1 Å². The Morgan fingerprint density at radius 1 is 1.40 bits per heavy atom. The summed E-state index contributed by atoms with van der Waals surface area (Å²) < 4.78 is 0. The summed E-state index contributed by atoms with van der Waals surface area (Å²) in [5.74, 6) is 0.532. The van der Waals surface area contributed by atoms with Gasteiger partial charge in [0.2, 0.25) is 0 Å². The molecule has 0 spiro atoms. The number of aromatic amines is 1. The Morgan fingerprint density at radius 2 is 2.00 bits per heavy atom. The SMILES string of the molecule is Cc1[nH]nc(C(C)C)c1C.[HH]. The third-order valence-electron chi connectivity index (χ3n) is 1.84. The Bertz CT molecular complexity index is 228. The molecule has 0 unspecified atom stereocenters. The van der Waals surface area contributed by atoms with E-state index >= 15 is 0 Å². The first-order valence-corrected chi connectivity index (χ1v) is 3.64. The number of rotatable bonds is 1. The normalized spacial score (nSPS) is 10.9. The minimum absolute atomic E-state index is 0. The summed E-state index contributed by atoms with van der Waals surface area (Å²) in [6.45, 7) is 8.47. The summed E-state index contributed by atoms with van der Waals surface area (Å²) in [7, 11) is 0. The molecule has 2 nitrogen and oxygen atoms in total. The first kappa shape index (κ1) is 7.32. The van der Waals surface area contributed by atoms with Crippen molar-refractivity contribution in [3.05, 3.63) is 17.0 Å². The molecule has 0 bridgehead atoms. The van der Waals surface area contributed by atoms with Crippen LogP contribution in [0.2, 0.25) is 0 Å². The number of nitrogens with zero attached hydrogens (tertiary/aromatic N) is 1. The van der Waals surface area contributed by atoms with Crippen molar-refractivity contribution in [3.8, 4) is 0 Å². The van der Waals surface area contributed by atoms with Gasteiger partial charge in [0.05, 0.1) is 5.69 Å². The fourth-order valence-corrected chi connectivity index (χ4v) is 1.07. The van der Waals surface area contributed by atoms with Gasteiger partial charge in [-0.15, -0.1) is 0 Å². The topological polar surface area (TPSA) is 28.7 Å². The fourth-order valence-electron chi connectivity index (χ4n) is 1.07. The maximum atomic E-state index is 4.19. The van der Waals surface area contributed by atoms with Gasteiger partial charge in [0.25, 0.3) is 0 Å². The molecule has 0 aliphatic carbocycles. The molecule has 10 heavy (non-hydrogen) atoms. The highest BCUT2D eigenvalue weighted by molar-refractivity contribution is 5.24. The molecule has 1 N–H and O–H groups in total. The second kappa shape index (κ2) is 2.45. The molecule has 0 amide bonds. The van der Waals surface area contributed by atoms with E-state index in [9.17, 15) is 0 Å². The first-order chi connectivity index (χ1) is 4.63. The van der Waals surface area contributed by atoms with Gasteiger partial charge in [-0.05, 0) is 25.3 Å². The number of aryl methyl sites for hydroxylation is 1. The van der Waals surface area contributed by atoms with Crippen LogP contribution >= 0.6 is 0 Å². The molecule has 1 aromatic heterocycles. The van der Waals surface area contributed by atoms with E-state index in [0.717, 1.165) is 0 Å². The Balaban J connectivity index is 0.000001000. The minimum atomic E-state index is 0. The van der Waals surface area contributed by atoms with Crippen LogP contribution in [0.1, 0.15) is 38.1 Å². The molecule has 1 heterocycles. The Kier molecular flexibility index (Phi) is 1.79. The lowest BCUT2D eigenvalue weighted by molar-refractivity contribution is 0.804. The molecule has 0 aliphatic rings. The fraction of sp³-hybridized carbons (Fsp3) is 0.625. The quantitative estimate of drug-likeness (QED) is 0.637. The van der Waals surface area contributed by atoms with E-state index in [2.05, 4.69) is 31.0 Å². The van der Waals surface area contributed by atoms with Crippen molar-refractivity contribution >= 4 is 0 Å². The summed E-state index contributed by atoms with van der Waals surface area (Å²) in [6.07, 6.45) is 0. The van der Waals surface area contributed by atoms with E-state index in [4.69, 9.17) is 0 Å². The van der Waals surface area contributed by atoms with Crippen LogP contribution in [-0.4, -0.2) is 10.2 Å². The van der Waals surface area contributed by atoms with Crippen LogP contribution in [0.5, 0.6) is 0 Å². The van der Waals surface area contributed by atoms with Crippen LogP contribution in [0, 0.1) is 13.8 Å². The van der Waals surface area contributed by atoms with Gasteiger partial charge in [-0.2, -0.15) is 5.10 Å². The average Bonchev–Trinajstić information content (AvgIpc) is 2.14. The highest BCUT2D eigenvalue weighted by Gasteiger charge is 2.07. The maximum Gasteiger partial charge on any atom is 0.0679 e. The predicted molar refractivity (Wildman–Crippen MR) is 44.3 cm³/mol. The molecule has 0 atom stereocenters. The van der Waals surface area contributed by atoms with Crippen LogP contribution in [0.3, 0.4) is 0 Å². The number of hydrogen-bond acceptors (Lipinski definition) is 1. The molecule has 58 valence electrons. The van der Waals surface area contributed by atoms with Gasteiger partial charge < -0.3 is 0 Å². The van der Waals surface area contributed by atoms with Crippen LogP contribution in [0.25, 0.3) is 0 Å². The van der Waals surface area contributed by atoms with Gasteiger partial charge in [-0.3, -0.25) is 5.10 Å². The molecule has 0 saturated heterocycles. The summed E-state index contributed by atoms with van der Waals surface area (Å²) in [5, 5.41) is 7.16. The lowest BCUT2D eigenvalue weighted by Gasteiger charge is -1.99. The second-order valence-corrected chi connectivity index (χ2v) is 3.01. The second-order valence-electron chi connectivity index (χ2n) is 3.01. The van der Waals surface area contributed by atoms with Crippen LogP contribution in [-0.2, 0) is 0 Å². The van der Waals surface area contributed by atoms with E-state index in [1.165, 1.54) is 17.0 Å². The highest BCUT2D eigenvalue weighted by Crippen LogP contribution is 2.17. The number of H-pyrrole nitrogens is 1. The van der Waals surface area contributed by atoms with Gasteiger partial charge in [0, 0.05) is 7.12 Å². The van der Waals surface area contributed by atoms with Gasteiger partial charge >= 0.3 is 0 Å². The lowest BCUT2D eigenvalue weighted by atomic mass is 10.1. The zero-order chi connectivity index (χ0) is 7.72. The average molecular weight is 140 g/mol. The highest BCUT2D eigenvalue weighted by atomic mass is 15.1. The van der Waals surface area contributed by atoms with E-state index in [1.807, 2.05) is 6.92 Å². The van der Waals surface area contributed by atoms with Crippen molar-refractivity contribution in [2.45, 2.75) is 33.6 Å². The molecule has 0 aromatic carbocycles. The van der Waals surface area contributed by atoms with Crippen LogP contribution < -0.4 is 0 Å². The van der Waals surface area contributed by atoms with Crippen molar-refractivity contribution in [1.29, 1.82) is 0 Å². The number of hydrogen-bond donors (Lipinski definition) is 1. The molecular formula is C8H16N2. The smallest absolute Gasteiger partial charge is 0.0679 e. The van der Waals surface area contributed by atoms with Gasteiger partial charge in [0.15, 0.2) is 0 Å². The van der Waals surface area contributed by atoms with Crippen molar-refractivity contribution in [3.63, 3.8) is 0 Å². The van der Waals surface area contributed by atoms with Gasteiger partial charge in [0.1, 0.15) is 0 Å². The molecular weight excluding hydrogens is 124 g/mol. The summed E-state index contributed by atoms with van der Waals surface area (Å²) in [4.78, 5) is 0. The maximum absolute atomic E-state index is 4.19. The molecule has 2 heteroatoms. The van der Waals surface area contributed by atoms with Crippen LogP contribution in [0.4, 0.5) is 0 Å². The van der Waals surface area contributed by atoms with E-state index in [1.54, 1.807) is 0 Å². The van der Waals surface area contributed by atoms with Crippen molar-refractivity contribution in [2.75, 3.05) is 0 Å². The number of nitrogens with one attached hydrogen (secondary N) is 1. The largest absolute Gasteiger partial charge is 0.282 e. The van der Waals surface area contributed by atoms with Crippen molar-refractivity contribution < 1.29 is 1.43 Å². The third kappa shape index (κ3) is 1.06. The lowest BCUT2D eigenvalue weighted by Crippen LogP contribution is -1.89. The van der Waals surface area contributed by atoms with E-state index in [0.29, 0.717) is 5.92 Å². The van der Waals surface area contributed by atoms with E-state index < -0.39 is 0 Å². The van der Waals surface area contributed by atoms with Crippen molar-refractivity contribution in [2.24, 2.45) is 0 Å². The summed E-state index contributed by atoms with van der Waals surface area (Å²) in [5.41, 5.74) is 3.68. The minimum Gasteiger partial charge on any atom is -0.282 e. The van der Waals surface area contributed by atoms with E-state index in [-0.39, 0.29) is 1.43 Å². The first-order valence-electron chi connectivity index (χ1n) is 3.64. The van der Waals surface area contributed by atoms with Gasteiger partial charge in [-0.25, -0.2) is 0 Å². The molecule has 1 rings (SSSR count). The van der Waals surface area contributed by atoms with Crippen LogP contribution in [0.15, 0.2) is 0 Å². The zero-order valence-corrected chi connectivity index (χ0v) is 7.02. The molecule has 0 radical (unpaired) electrons. The van der Waals surface area contributed by atoms with Crippen molar-refractivity contribution in [1.82, 2.24) is 10.2 Å². The standard InChI is InChI=1S/C8H14N2.H2/c1-5(2)8-6(3)7(4)9-10-8;/h5H,1-4H3,(H,9,10);1H. The molecule has 1 aromatic rings. The molecule has 0 aliphatic heterocycles.